The van der Waals surface area contributed by atoms with Crippen LogP contribution in [0.4, 0.5) is 0 Å². The number of hydrogen-bond donors (Lipinski definition) is 1. The molecular formula is C21H23N3O. The molecule has 2 aromatic carbocycles. The number of piperazine rings is 1. The topological polar surface area (TPSA) is 56.1 Å². The van der Waals surface area contributed by atoms with E-state index in [4.69, 9.17) is 5.26 Å². The highest BCUT2D eigenvalue weighted by Gasteiger charge is 2.22. The third-order valence-corrected chi connectivity index (χ3v) is 4.83. The SMILES string of the molecule is CC[C@H]1CN(C(=O)c2ccc(-c3ccc(C#N)cc3C)cc2)CCN1. The molecule has 4 nitrogen and oxygen atoms in total. The highest BCUT2D eigenvalue weighted by Crippen LogP contribution is 2.25. The monoisotopic (exact) mass is 333 g/mol. The van der Waals surface area contributed by atoms with Gasteiger partial charge in [0.2, 0.25) is 0 Å². The van der Waals surface area contributed by atoms with Crippen LogP contribution < -0.4 is 5.32 Å². The third-order valence-electron chi connectivity index (χ3n) is 4.83. The van der Waals surface area contributed by atoms with E-state index in [1.54, 1.807) is 0 Å². The predicted octanol–water partition coefficient (Wildman–Crippen LogP) is 3.36. The first kappa shape index (κ1) is 17.2. The summed E-state index contributed by atoms with van der Waals surface area (Å²) in [4.78, 5) is 14.7. The Labute approximate surface area is 149 Å². The van der Waals surface area contributed by atoms with Gasteiger partial charge in [-0.3, -0.25) is 4.79 Å². The van der Waals surface area contributed by atoms with Gasteiger partial charge in [0.15, 0.2) is 0 Å². The molecular weight excluding hydrogens is 310 g/mol. The van der Waals surface area contributed by atoms with Crippen LogP contribution in [-0.2, 0) is 0 Å². The number of amides is 1. The molecule has 4 heteroatoms. The molecule has 1 fully saturated rings. The van der Waals surface area contributed by atoms with E-state index >= 15 is 0 Å². The summed E-state index contributed by atoms with van der Waals surface area (Å²) in [5.41, 5.74) is 4.60. The molecule has 0 bridgehead atoms. The Morgan fingerprint density at radius 3 is 2.68 bits per heavy atom. The van der Waals surface area contributed by atoms with E-state index in [1.165, 1.54) is 0 Å². The molecule has 1 heterocycles. The van der Waals surface area contributed by atoms with Gasteiger partial charge in [0.1, 0.15) is 0 Å². The van der Waals surface area contributed by atoms with Crippen molar-refractivity contribution in [3.8, 4) is 17.2 Å². The molecule has 1 aliphatic rings. The summed E-state index contributed by atoms with van der Waals surface area (Å²) in [6, 6.07) is 16.0. The number of benzene rings is 2. The molecule has 1 aliphatic heterocycles. The number of rotatable bonds is 3. The maximum absolute atomic E-state index is 12.7. The molecule has 1 saturated heterocycles. The Balaban J connectivity index is 1.78. The van der Waals surface area contributed by atoms with Crippen LogP contribution in [0.5, 0.6) is 0 Å². The van der Waals surface area contributed by atoms with Crippen molar-refractivity contribution >= 4 is 5.91 Å². The molecule has 0 aliphatic carbocycles. The average Bonchev–Trinajstić information content (AvgIpc) is 2.67. The normalized spacial score (nSPS) is 17.2. The van der Waals surface area contributed by atoms with Gasteiger partial charge in [0, 0.05) is 31.2 Å². The summed E-state index contributed by atoms with van der Waals surface area (Å²) >= 11 is 0. The molecule has 2 aromatic rings. The molecule has 1 N–H and O–H groups in total. The summed E-state index contributed by atoms with van der Waals surface area (Å²) in [6.45, 7) is 6.52. The lowest BCUT2D eigenvalue weighted by Gasteiger charge is -2.33. The number of hydrogen-bond acceptors (Lipinski definition) is 3. The molecule has 0 spiro atoms. The smallest absolute Gasteiger partial charge is 0.253 e. The number of carbonyl (C=O) groups excluding carboxylic acids is 1. The van der Waals surface area contributed by atoms with Gasteiger partial charge < -0.3 is 10.2 Å². The second-order valence-electron chi connectivity index (χ2n) is 6.53. The van der Waals surface area contributed by atoms with Gasteiger partial charge in [-0.1, -0.05) is 25.1 Å². The van der Waals surface area contributed by atoms with Crippen LogP contribution in [0.3, 0.4) is 0 Å². The fourth-order valence-corrected chi connectivity index (χ4v) is 3.32. The van der Waals surface area contributed by atoms with Crippen LogP contribution in [0.25, 0.3) is 11.1 Å². The molecule has 0 saturated carbocycles. The highest BCUT2D eigenvalue weighted by atomic mass is 16.2. The van der Waals surface area contributed by atoms with E-state index in [0.717, 1.165) is 48.3 Å². The van der Waals surface area contributed by atoms with Gasteiger partial charge in [-0.2, -0.15) is 5.26 Å². The van der Waals surface area contributed by atoms with Crippen molar-refractivity contribution in [3.05, 3.63) is 59.2 Å². The molecule has 3 rings (SSSR count). The maximum atomic E-state index is 12.7. The molecule has 1 atom stereocenters. The Morgan fingerprint density at radius 2 is 2.04 bits per heavy atom. The van der Waals surface area contributed by atoms with Crippen molar-refractivity contribution in [1.29, 1.82) is 5.26 Å². The number of nitrogens with zero attached hydrogens (tertiary/aromatic N) is 2. The molecule has 0 radical (unpaired) electrons. The fourth-order valence-electron chi connectivity index (χ4n) is 3.32. The lowest BCUT2D eigenvalue weighted by atomic mass is 9.97. The van der Waals surface area contributed by atoms with Crippen LogP contribution >= 0.6 is 0 Å². The molecule has 0 aromatic heterocycles. The van der Waals surface area contributed by atoms with Crippen molar-refractivity contribution in [2.75, 3.05) is 19.6 Å². The largest absolute Gasteiger partial charge is 0.336 e. The van der Waals surface area contributed by atoms with Crippen LogP contribution in [0.15, 0.2) is 42.5 Å². The lowest BCUT2D eigenvalue weighted by molar-refractivity contribution is 0.0701. The van der Waals surface area contributed by atoms with E-state index in [1.807, 2.05) is 54.3 Å². The van der Waals surface area contributed by atoms with E-state index in [9.17, 15) is 4.79 Å². The van der Waals surface area contributed by atoms with E-state index in [0.29, 0.717) is 11.6 Å². The summed E-state index contributed by atoms with van der Waals surface area (Å²) in [5, 5.41) is 12.4. The summed E-state index contributed by atoms with van der Waals surface area (Å²) in [6.07, 6.45) is 1.03. The van der Waals surface area contributed by atoms with Gasteiger partial charge in [0.25, 0.3) is 5.91 Å². The van der Waals surface area contributed by atoms with Crippen LogP contribution in [0, 0.1) is 18.3 Å². The maximum Gasteiger partial charge on any atom is 0.253 e. The van der Waals surface area contributed by atoms with Gasteiger partial charge in [-0.15, -0.1) is 0 Å². The number of aryl methyl sites for hydroxylation is 1. The zero-order chi connectivity index (χ0) is 17.8. The van der Waals surface area contributed by atoms with Crippen LogP contribution in [0.2, 0.25) is 0 Å². The fraction of sp³-hybridized carbons (Fsp3) is 0.333. The van der Waals surface area contributed by atoms with E-state index in [2.05, 4.69) is 18.3 Å². The minimum absolute atomic E-state index is 0.100. The second-order valence-corrected chi connectivity index (χ2v) is 6.53. The van der Waals surface area contributed by atoms with E-state index < -0.39 is 0 Å². The van der Waals surface area contributed by atoms with E-state index in [-0.39, 0.29) is 5.91 Å². The van der Waals surface area contributed by atoms with Crippen molar-refractivity contribution in [3.63, 3.8) is 0 Å². The van der Waals surface area contributed by atoms with Crippen molar-refractivity contribution < 1.29 is 4.79 Å². The zero-order valence-electron chi connectivity index (χ0n) is 14.7. The number of nitrogens with one attached hydrogen (secondary N) is 1. The average molecular weight is 333 g/mol. The van der Waals surface area contributed by atoms with Crippen molar-refractivity contribution in [2.45, 2.75) is 26.3 Å². The quantitative estimate of drug-likeness (QED) is 0.937. The minimum atomic E-state index is 0.100. The van der Waals surface area contributed by atoms with Crippen molar-refractivity contribution in [2.24, 2.45) is 0 Å². The Morgan fingerprint density at radius 1 is 1.28 bits per heavy atom. The first-order chi connectivity index (χ1) is 12.1. The lowest BCUT2D eigenvalue weighted by Crippen LogP contribution is -2.52. The summed E-state index contributed by atoms with van der Waals surface area (Å²) < 4.78 is 0. The third kappa shape index (κ3) is 3.72. The Kier molecular flexibility index (Phi) is 5.16. The molecule has 1 amide bonds. The standard InChI is InChI=1S/C21H23N3O/c1-3-19-14-24(11-10-23-19)21(25)18-7-5-17(6-8-18)20-9-4-16(13-22)12-15(20)2/h4-9,12,19,23H,3,10-11,14H2,1-2H3/t19-/m0/s1. The van der Waals surface area contributed by atoms with Crippen LogP contribution in [0.1, 0.15) is 34.8 Å². The highest BCUT2D eigenvalue weighted by molar-refractivity contribution is 5.95. The van der Waals surface area contributed by atoms with Gasteiger partial charge >= 0.3 is 0 Å². The Hall–Kier alpha value is -2.64. The Bertz CT molecular complexity index is 805. The van der Waals surface area contributed by atoms with Crippen molar-refractivity contribution in [1.82, 2.24) is 10.2 Å². The zero-order valence-corrected chi connectivity index (χ0v) is 14.7. The van der Waals surface area contributed by atoms with Crippen LogP contribution in [-0.4, -0.2) is 36.5 Å². The first-order valence-corrected chi connectivity index (χ1v) is 8.76. The second kappa shape index (κ2) is 7.50. The molecule has 128 valence electrons. The summed E-state index contributed by atoms with van der Waals surface area (Å²) in [7, 11) is 0. The van der Waals surface area contributed by atoms with Gasteiger partial charge in [-0.25, -0.2) is 0 Å². The number of carbonyl (C=O) groups is 1. The number of nitriles is 1. The van der Waals surface area contributed by atoms with Gasteiger partial charge in [0.05, 0.1) is 11.6 Å². The van der Waals surface area contributed by atoms with Gasteiger partial charge in [-0.05, 0) is 54.3 Å². The minimum Gasteiger partial charge on any atom is -0.336 e. The summed E-state index contributed by atoms with van der Waals surface area (Å²) in [5.74, 6) is 0.100. The molecule has 0 unspecified atom stereocenters. The first-order valence-electron chi connectivity index (χ1n) is 8.76. The predicted molar refractivity (Wildman–Crippen MR) is 99.3 cm³/mol. The molecule has 25 heavy (non-hydrogen) atoms.